The van der Waals surface area contributed by atoms with Crippen LogP contribution in [0.3, 0.4) is 0 Å². The molecule has 0 bridgehead atoms. The quantitative estimate of drug-likeness (QED) is 0.0271. The number of rotatable bonds is 24. The fourth-order valence-electron chi connectivity index (χ4n) is 13.5. The molecule has 0 radical (unpaired) electrons. The van der Waals surface area contributed by atoms with Crippen LogP contribution in [0, 0.1) is 12.7 Å². The fourth-order valence-corrected chi connectivity index (χ4v) is 17.8. The summed E-state index contributed by atoms with van der Waals surface area (Å²) in [5.41, 5.74) is 13.0. The van der Waals surface area contributed by atoms with E-state index in [1.54, 1.807) is 54.0 Å². The molecule has 0 aliphatic heterocycles. The Labute approximate surface area is 807 Å². The van der Waals surface area contributed by atoms with Gasteiger partial charge in [-0.1, -0.05) is 54.1 Å². The maximum atomic E-state index is 14.8. The molecule has 0 aliphatic carbocycles. The Morgan fingerprint density at radius 3 is 1.06 bits per heavy atom. The number of hydrogen-bond acceptors (Lipinski definition) is 28. The number of aliphatic hydroxyl groups is 5. The molecule has 31 heteroatoms. The van der Waals surface area contributed by atoms with E-state index in [1.807, 2.05) is 243 Å². The lowest BCUT2D eigenvalue weighted by Crippen LogP contribution is -2.23. The second-order valence-corrected chi connectivity index (χ2v) is 42.4. The number of benzene rings is 6. The molecular formula is C102H122BrClFN13O11S4. The highest BCUT2D eigenvalue weighted by Crippen LogP contribution is 2.44. The number of nitrogens with one attached hydrogen (secondary N) is 4. The van der Waals surface area contributed by atoms with Gasteiger partial charge in [-0.05, 0) is 258 Å². The second kappa shape index (κ2) is 43.8. The van der Waals surface area contributed by atoms with Crippen molar-refractivity contribution in [1.29, 1.82) is 0 Å². The molecule has 0 aliphatic rings. The number of methoxy groups -OCH3 is 1. The Morgan fingerprint density at radius 1 is 0.353 bits per heavy atom. The van der Waals surface area contributed by atoms with Crippen molar-refractivity contribution in [2.75, 3.05) is 28.4 Å². The Balaban J connectivity index is 0.000000160. The highest BCUT2D eigenvalue weighted by molar-refractivity contribution is 9.10. The monoisotopic (exact) mass is 1970 g/mol. The molecule has 0 saturated heterocycles. The lowest BCUT2D eigenvalue weighted by Gasteiger charge is -2.23. The number of fused-ring (bicyclic) bond motifs is 5. The number of aryl methyl sites for hydroxylation is 1. The van der Waals surface area contributed by atoms with Crippen LogP contribution in [-0.2, 0) is 33.0 Å². The standard InChI is InChI=1S/C21H27N3O2S.C21H23NO3.C20H24BrN3O2S.C20H24ClN3O2S.C20H24FN3O2S/c1-12(2)22-20-24-17(11-27-20)16-9-18(26-21(4,5)6)15-8-7-14(10-25)13(3)19(15)23-16;1-21(2,3)25-20-12-18(15-7-5-6-8-19(15)24-4)22-17-11-14(13-23)9-10-16(17)20;3*1-11(2)22-19-24-15(10-27-19)14-8-16(26-20(3,4)5)13-7-6-12(9-25)17(21)18(13)23-14/h7-9,11-12,25H,10H2,1-6H3,(H,22,24);5-12,23H,13H2,1-4H3;3*6-8,10-11,25H,9H2,1-5H3,(H,22,24). The number of para-hydroxylation sites is 1. The van der Waals surface area contributed by atoms with Crippen LogP contribution in [-0.4, -0.2) is 130 Å². The first-order chi connectivity index (χ1) is 62.6. The van der Waals surface area contributed by atoms with Crippen molar-refractivity contribution in [3.05, 3.63) is 192 Å². The second-order valence-electron chi connectivity index (χ2n) is 37.8. The average molecular weight is 1970 g/mol. The largest absolute Gasteiger partial charge is 0.496 e. The lowest BCUT2D eigenvalue weighted by molar-refractivity contribution is 0.132. The molecular weight excluding hydrogens is 1850 g/mol. The first-order valence-electron chi connectivity index (χ1n) is 43.9. The molecule has 9 N–H and O–H groups in total. The van der Waals surface area contributed by atoms with Gasteiger partial charge >= 0.3 is 0 Å². The molecule has 0 fully saturated rings. The number of pyridine rings is 5. The predicted molar refractivity (Wildman–Crippen MR) is 549 cm³/mol. The van der Waals surface area contributed by atoms with Crippen molar-refractivity contribution in [2.24, 2.45) is 0 Å². The molecule has 0 spiro atoms. The zero-order valence-corrected chi connectivity index (χ0v) is 85.8. The van der Waals surface area contributed by atoms with Gasteiger partial charge in [0.15, 0.2) is 26.3 Å². The zero-order chi connectivity index (χ0) is 97.1. The summed E-state index contributed by atoms with van der Waals surface area (Å²) in [6.07, 6.45) is 0. The number of aromatic nitrogens is 9. The molecule has 0 unspecified atom stereocenters. The SMILES string of the molecule is CC(C)Nc1nc(-c2cc(OC(C)(C)C)c3ccc(CO)c(Br)c3n2)cs1.CC(C)Nc1nc(-c2cc(OC(C)(C)C)c3ccc(CO)c(Cl)c3n2)cs1.CC(C)Nc1nc(-c2cc(OC(C)(C)C)c3ccc(CO)c(F)c3n2)cs1.COc1ccccc1-c1cc(OC(C)(C)C)c2ccc(CO)cc2n1.Cc1c(CO)ccc2c(OC(C)(C)C)cc(-c3csc(NC(C)C)n3)nc12. The van der Waals surface area contributed by atoms with Crippen molar-refractivity contribution in [3.63, 3.8) is 0 Å². The van der Waals surface area contributed by atoms with E-state index in [0.717, 1.165) is 148 Å². The maximum absolute atomic E-state index is 14.8. The van der Waals surface area contributed by atoms with Crippen molar-refractivity contribution in [2.45, 2.75) is 251 Å². The van der Waals surface area contributed by atoms with Crippen molar-refractivity contribution < 1.29 is 58.3 Å². The van der Waals surface area contributed by atoms with Gasteiger partial charge in [0.1, 0.15) is 90.8 Å². The van der Waals surface area contributed by atoms with E-state index in [4.69, 9.17) is 60.0 Å². The van der Waals surface area contributed by atoms with E-state index in [-0.39, 0.29) is 72.6 Å². The Morgan fingerprint density at radius 2 is 0.677 bits per heavy atom. The number of ether oxygens (including phenoxy) is 6. The smallest absolute Gasteiger partial charge is 0.183 e. The van der Waals surface area contributed by atoms with Crippen LogP contribution in [0.1, 0.15) is 193 Å². The van der Waals surface area contributed by atoms with Gasteiger partial charge in [0.05, 0.1) is 95.7 Å². The van der Waals surface area contributed by atoms with E-state index in [1.165, 1.54) is 22.7 Å². The van der Waals surface area contributed by atoms with Gasteiger partial charge in [0.2, 0.25) is 0 Å². The van der Waals surface area contributed by atoms with Gasteiger partial charge in [-0.3, -0.25) is 0 Å². The van der Waals surface area contributed by atoms with Gasteiger partial charge < -0.3 is 75.2 Å². The van der Waals surface area contributed by atoms with E-state index >= 15 is 0 Å². The Bertz CT molecular complexity index is 5940. The molecule has 133 heavy (non-hydrogen) atoms. The minimum Gasteiger partial charge on any atom is -0.496 e. The number of anilines is 4. The number of thiazole rings is 4. The molecule has 0 atom stereocenters. The maximum Gasteiger partial charge on any atom is 0.183 e. The van der Waals surface area contributed by atoms with Gasteiger partial charge in [-0.15, -0.1) is 45.3 Å². The van der Waals surface area contributed by atoms with E-state index in [2.05, 4.69) is 104 Å². The van der Waals surface area contributed by atoms with Crippen LogP contribution in [0.15, 0.2) is 147 Å². The fraction of sp³-hybridized carbons (Fsp3) is 0.382. The molecule has 9 heterocycles. The Hall–Kier alpha value is -10.6. The van der Waals surface area contributed by atoms with E-state index < -0.39 is 11.4 Å². The number of aliphatic hydroxyl groups excluding tert-OH is 5. The van der Waals surface area contributed by atoms with Gasteiger partial charge in [0.25, 0.3) is 0 Å². The summed E-state index contributed by atoms with van der Waals surface area (Å²) in [6.45, 7) is 47.9. The van der Waals surface area contributed by atoms with Crippen LogP contribution in [0.25, 0.3) is 111 Å². The summed E-state index contributed by atoms with van der Waals surface area (Å²) >= 11 is 16.2. The number of hydrogen-bond donors (Lipinski definition) is 9. The molecule has 15 aromatic rings. The van der Waals surface area contributed by atoms with Crippen LogP contribution >= 0.6 is 72.9 Å². The summed E-state index contributed by atoms with van der Waals surface area (Å²) in [4.78, 5) is 42.2. The molecule has 9 aromatic heterocycles. The van der Waals surface area contributed by atoms with Crippen molar-refractivity contribution in [1.82, 2.24) is 44.9 Å². The first-order valence-corrected chi connectivity index (χ1v) is 48.6. The minimum absolute atomic E-state index is 0.0116. The molecule has 24 nitrogen and oxygen atoms in total. The molecule has 6 aromatic carbocycles. The number of nitrogens with zero attached hydrogens (tertiary/aromatic N) is 9. The van der Waals surface area contributed by atoms with Crippen molar-refractivity contribution >= 4 is 148 Å². The molecule has 0 amide bonds. The van der Waals surface area contributed by atoms with E-state index in [0.29, 0.717) is 68.2 Å². The highest BCUT2D eigenvalue weighted by atomic mass is 79.9. The topological polar surface area (TPSA) is 321 Å². The summed E-state index contributed by atoms with van der Waals surface area (Å²) in [7, 11) is 1.65. The predicted octanol–water partition coefficient (Wildman–Crippen LogP) is 25.8. The van der Waals surface area contributed by atoms with Crippen LogP contribution in [0.4, 0.5) is 24.9 Å². The average Bonchev–Trinajstić information content (AvgIpc) is 1.67. The third-order valence-electron chi connectivity index (χ3n) is 19.1. The first kappa shape index (κ1) is 103. The summed E-state index contributed by atoms with van der Waals surface area (Å²) in [5, 5.41) is 76.6. The Kier molecular flexibility index (Phi) is 33.9. The van der Waals surface area contributed by atoms with E-state index in [9.17, 15) is 29.9 Å². The summed E-state index contributed by atoms with van der Waals surface area (Å²) in [6, 6.07) is 38.9. The third-order valence-corrected chi connectivity index (χ3v) is 23.5. The molecule has 0 saturated carbocycles. The van der Waals surface area contributed by atoms with Crippen molar-refractivity contribution in [3.8, 4) is 91.3 Å². The normalized spacial score (nSPS) is 11.9. The molecule has 15 rings (SSSR count). The lowest BCUT2D eigenvalue weighted by atomic mass is 10.0. The summed E-state index contributed by atoms with van der Waals surface area (Å²) < 4.78 is 52.0. The third kappa shape index (κ3) is 27.6. The number of halogens is 3. The minimum atomic E-state index is -0.536. The van der Waals surface area contributed by atoms with Gasteiger partial charge in [0, 0.05) is 119 Å². The van der Waals surface area contributed by atoms with Crippen LogP contribution in [0.2, 0.25) is 5.02 Å². The van der Waals surface area contributed by atoms with Gasteiger partial charge in [-0.25, -0.2) is 49.2 Å². The van der Waals surface area contributed by atoms with Gasteiger partial charge in [-0.2, -0.15) is 0 Å². The van der Waals surface area contributed by atoms with Crippen LogP contribution < -0.4 is 49.7 Å². The highest BCUT2D eigenvalue weighted by Gasteiger charge is 2.27. The summed E-state index contributed by atoms with van der Waals surface area (Å²) in [5.74, 6) is 3.75. The molecule has 706 valence electrons. The van der Waals surface area contributed by atoms with Crippen LogP contribution in [0.5, 0.6) is 34.5 Å². The zero-order valence-electron chi connectivity index (χ0n) is 80.2.